The number of hydrogen-bond acceptors (Lipinski definition) is 5. The minimum absolute atomic E-state index is 0.208. The molecule has 0 atom stereocenters. The normalized spacial score (nSPS) is 10.5. The fraction of sp³-hybridized carbons (Fsp3) is 0.111. The highest BCUT2D eigenvalue weighted by molar-refractivity contribution is 7.98. The molecule has 0 radical (unpaired) electrons. The summed E-state index contributed by atoms with van der Waals surface area (Å²) in [6.45, 7) is 0. The van der Waals surface area contributed by atoms with Crippen LogP contribution in [0.2, 0.25) is 0 Å². The Kier molecular flexibility index (Phi) is 3.17. The van der Waals surface area contributed by atoms with E-state index in [2.05, 4.69) is 10.2 Å². The van der Waals surface area contributed by atoms with Crippen LogP contribution in [0.5, 0.6) is 0 Å². The maximum atomic E-state index is 13.2. The highest BCUT2D eigenvalue weighted by Crippen LogP contribution is 2.26. The molecule has 78 valence electrons. The van der Waals surface area contributed by atoms with Crippen LogP contribution in [0.25, 0.3) is 0 Å². The van der Waals surface area contributed by atoms with Crippen molar-refractivity contribution in [3.63, 3.8) is 0 Å². The Bertz CT molecular complexity index is 458. The Morgan fingerprint density at radius 3 is 2.80 bits per heavy atom. The Balaban J connectivity index is 2.02. The summed E-state index contributed by atoms with van der Waals surface area (Å²) in [5.74, 6) is 0.385. The first-order chi connectivity index (χ1) is 7.25. The van der Waals surface area contributed by atoms with Gasteiger partial charge in [-0.25, -0.2) is 4.39 Å². The van der Waals surface area contributed by atoms with Gasteiger partial charge in [0.1, 0.15) is 10.8 Å². The van der Waals surface area contributed by atoms with Crippen LogP contribution in [0.1, 0.15) is 5.01 Å². The molecule has 0 unspecified atom stereocenters. The van der Waals surface area contributed by atoms with Crippen LogP contribution in [-0.4, -0.2) is 10.2 Å². The molecule has 0 spiro atoms. The van der Waals surface area contributed by atoms with Crippen molar-refractivity contribution >= 4 is 28.2 Å². The summed E-state index contributed by atoms with van der Waals surface area (Å²) in [7, 11) is 0. The first-order valence-electron chi connectivity index (χ1n) is 4.21. The molecule has 0 aliphatic carbocycles. The van der Waals surface area contributed by atoms with Crippen LogP contribution in [-0.2, 0) is 5.75 Å². The topological polar surface area (TPSA) is 51.8 Å². The fourth-order valence-corrected chi connectivity index (χ4v) is 2.56. The molecule has 0 aliphatic rings. The molecule has 2 rings (SSSR count). The summed E-state index contributed by atoms with van der Waals surface area (Å²) < 4.78 is 13.2. The Morgan fingerprint density at radius 1 is 1.33 bits per heavy atom. The van der Waals surface area contributed by atoms with Crippen molar-refractivity contribution < 1.29 is 4.39 Å². The van der Waals surface area contributed by atoms with Crippen LogP contribution in [0.15, 0.2) is 29.2 Å². The minimum Gasteiger partial charge on any atom is -0.374 e. The lowest BCUT2D eigenvalue weighted by atomic mass is 10.3. The molecule has 2 N–H and O–H groups in total. The third kappa shape index (κ3) is 2.66. The van der Waals surface area contributed by atoms with Gasteiger partial charge in [0, 0.05) is 4.90 Å². The second-order valence-corrected chi connectivity index (χ2v) is 4.86. The molecule has 0 bridgehead atoms. The molecule has 0 amide bonds. The second-order valence-electron chi connectivity index (χ2n) is 2.75. The highest BCUT2D eigenvalue weighted by atomic mass is 32.2. The van der Waals surface area contributed by atoms with Gasteiger partial charge in [-0.3, -0.25) is 0 Å². The van der Waals surface area contributed by atoms with Crippen molar-refractivity contribution in [1.82, 2.24) is 10.2 Å². The molecule has 0 saturated heterocycles. The quantitative estimate of drug-likeness (QED) is 0.839. The van der Waals surface area contributed by atoms with E-state index in [1.165, 1.54) is 29.2 Å². The summed E-state index contributed by atoms with van der Waals surface area (Å²) >= 11 is 2.72. The van der Waals surface area contributed by atoms with E-state index in [4.69, 9.17) is 5.73 Å². The van der Waals surface area contributed by atoms with E-state index in [-0.39, 0.29) is 5.82 Å². The van der Waals surface area contributed by atoms with Gasteiger partial charge in [-0.2, -0.15) is 0 Å². The van der Waals surface area contributed by atoms with Gasteiger partial charge >= 0.3 is 0 Å². The van der Waals surface area contributed by atoms with Crippen LogP contribution < -0.4 is 5.73 Å². The minimum atomic E-state index is -0.208. The third-order valence-electron chi connectivity index (χ3n) is 1.67. The predicted molar refractivity (Wildman–Crippen MR) is 60.3 cm³/mol. The fourth-order valence-electron chi connectivity index (χ4n) is 1.03. The summed E-state index contributed by atoms with van der Waals surface area (Å²) in [6.07, 6.45) is 0. The van der Waals surface area contributed by atoms with E-state index in [0.717, 1.165) is 5.01 Å². The summed E-state index contributed by atoms with van der Waals surface area (Å²) in [4.78, 5) is 0.617. The number of halogens is 1. The van der Waals surface area contributed by atoms with Gasteiger partial charge < -0.3 is 5.73 Å². The molecular weight excluding hydrogens is 233 g/mol. The lowest BCUT2D eigenvalue weighted by Gasteiger charge is -1.99. The SMILES string of the molecule is Nc1nnc(CSc2ccccc2F)s1. The average molecular weight is 241 g/mol. The van der Waals surface area contributed by atoms with Crippen LogP contribution in [0.4, 0.5) is 9.52 Å². The van der Waals surface area contributed by atoms with Crippen molar-refractivity contribution in [2.45, 2.75) is 10.6 Å². The van der Waals surface area contributed by atoms with Crippen molar-refractivity contribution in [2.24, 2.45) is 0 Å². The zero-order chi connectivity index (χ0) is 10.7. The van der Waals surface area contributed by atoms with Crippen molar-refractivity contribution in [2.75, 3.05) is 5.73 Å². The Labute approximate surface area is 94.5 Å². The van der Waals surface area contributed by atoms with E-state index in [1.807, 2.05) is 0 Å². The summed E-state index contributed by atoms with van der Waals surface area (Å²) in [5.41, 5.74) is 5.44. The number of thioether (sulfide) groups is 1. The molecule has 6 heteroatoms. The van der Waals surface area contributed by atoms with E-state index in [1.54, 1.807) is 18.2 Å². The lowest BCUT2D eigenvalue weighted by Crippen LogP contribution is -1.83. The first kappa shape index (κ1) is 10.4. The largest absolute Gasteiger partial charge is 0.374 e. The zero-order valence-electron chi connectivity index (χ0n) is 7.68. The van der Waals surface area contributed by atoms with Crippen LogP contribution in [0, 0.1) is 5.82 Å². The summed E-state index contributed by atoms with van der Waals surface area (Å²) in [5, 5.41) is 8.80. The second kappa shape index (κ2) is 4.59. The van der Waals surface area contributed by atoms with Crippen LogP contribution >= 0.6 is 23.1 Å². The Morgan fingerprint density at radius 2 is 2.13 bits per heavy atom. The number of nitrogens with zero attached hydrogens (tertiary/aromatic N) is 2. The number of anilines is 1. The van der Waals surface area contributed by atoms with Gasteiger partial charge in [-0.05, 0) is 12.1 Å². The monoisotopic (exact) mass is 241 g/mol. The average Bonchev–Trinajstić information content (AvgIpc) is 2.63. The third-order valence-corrected chi connectivity index (χ3v) is 3.67. The smallest absolute Gasteiger partial charge is 0.203 e. The van der Waals surface area contributed by atoms with Gasteiger partial charge in [0.2, 0.25) is 5.13 Å². The number of nitrogen functional groups attached to an aromatic ring is 1. The zero-order valence-corrected chi connectivity index (χ0v) is 9.32. The molecule has 0 aliphatic heterocycles. The van der Waals surface area contributed by atoms with E-state index < -0.39 is 0 Å². The van der Waals surface area contributed by atoms with Gasteiger partial charge in [-0.1, -0.05) is 23.5 Å². The van der Waals surface area contributed by atoms with Gasteiger partial charge in [0.25, 0.3) is 0 Å². The molecule has 1 aromatic carbocycles. The predicted octanol–water partition coefficient (Wildman–Crippen LogP) is 2.55. The van der Waals surface area contributed by atoms with Crippen molar-refractivity contribution in [3.8, 4) is 0 Å². The molecule has 3 nitrogen and oxygen atoms in total. The van der Waals surface area contributed by atoms with E-state index in [0.29, 0.717) is 15.8 Å². The standard InChI is InChI=1S/C9H8FN3S2/c10-6-3-1-2-4-7(6)14-5-8-12-13-9(11)15-8/h1-4H,5H2,(H2,11,13). The molecule has 15 heavy (non-hydrogen) atoms. The molecular formula is C9H8FN3S2. The number of benzene rings is 1. The maximum Gasteiger partial charge on any atom is 0.203 e. The number of nitrogens with two attached hydrogens (primary N) is 1. The summed E-state index contributed by atoms with van der Waals surface area (Å²) in [6, 6.07) is 6.66. The van der Waals surface area contributed by atoms with E-state index in [9.17, 15) is 4.39 Å². The van der Waals surface area contributed by atoms with Crippen LogP contribution in [0.3, 0.4) is 0 Å². The molecule has 0 fully saturated rings. The first-order valence-corrected chi connectivity index (χ1v) is 6.01. The van der Waals surface area contributed by atoms with E-state index >= 15 is 0 Å². The molecule has 1 heterocycles. The number of aromatic nitrogens is 2. The molecule has 2 aromatic rings. The molecule has 0 saturated carbocycles. The lowest BCUT2D eigenvalue weighted by molar-refractivity contribution is 0.602. The van der Waals surface area contributed by atoms with Gasteiger partial charge in [0.15, 0.2) is 0 Å². The highest BCUT2D eigenvalue weighted by Gasteiger charge is 2.05. The Hall–Kier alpha value is -1.14. The van der Waals surface area contributed by atoms with Crippen molar-refractivity contribution in [1.29, 1.82) is 0 Å². The number of rotatable bonds is 3. The van der Waals surface area contributed by atoms with Gasteiger partial charge in [0.05, 0.1) is 5.75 Å². The van der Waals surface area contributed by atoms with Gasteiger partial charge in [-0.15, -0.1) is 22.0 Å². The molecule has 1 aromatic heterocycles. The van der Waals surface area contributed by atoms with Crippen molar-refractivity contribution in [3.05, 3.63) is 35.1 Å². The maximum absolute atomic E-state index is 13.2. The number of hydrogen-bond donors (Lipinski definition) is 1.